The number of benzene rings is 1. The van der Waals surface area contributed by atoms with Crippen molar-refractivity contribution in [2.24, 2.45) is 0 Å². The lowest BCUT2D eigenvalue weighted by Gasteiger charge is -2.12. The first-order chi connectivity index (χ1) is 6.76. The van der Waals surface area contributed by atoms with Crippen molar-refractivity contribution in [3.63, 3.8) is 0 Å². The molecule has 1 aromatic carbocycles. The molecule has 0 bridgehead atoms. The standard InChI is InChI=1S/C12H18O2/c1-4-10(2)14-12-7-5-11(6-8-12)9-13-3/h5-8,10H,4,9H2,1-3H3. The summed E-state index contributed by atoms with van der Waals surface area (Å²) in [6, 6.07) is 8.03. The van der Waals surface area contributed by atoms with Gasteiger partial charge in [-0.25, -0.2) is 0 Å². The Kier molecular flexibility index (Phi) is 4.47. The van der Waals surface area contributed by atoms with E-state index in [2.05, 4.69) is 13.8 Å². The van der Waals surface area contributed by atoms with E-state index >= 15 is 0 Å². The third kappa shape index (κ3) is 3.38. The van der Waals surface area contributed by atoms with Crippen LogP contribution in [0.1, 0.15) is 25.8 Å². The summed E-state index contributed by atoms with van der Waals surface area (Å²) in [4.78, 5) is 0. The summed E-state index contributed by atoms with van der Waals surface area (Å²) in [6.45, 7) is 4.84. The Morgan fingerprint density at radius 3 is 2.36 bits per heavy atom. The molecule has 0 radical (unpaired) electrons. The van der Waals surface area contributed by atoms with E-state index in [0.717, 1.165) is 12.2 Å². The zero-order valence-electron chi connectivity index (χ0n) is 9.12. The molecule has 0 aromatic heterocycles. The van der Waals surface area contributed by atoms with Crippen LogP contribution in [0.4, 0.5) is 0 Å². The van der Waals surface area contributed by atoms with E-state index in [-0.39, 0.29) is 6.10 Å². The first kappa shape index (κ1) is 11.1. The van der Waals surface area contributed by atoms with E-state index in [1.54, 1.807) is 7.11 Å². The zero-order valence-corrected chi connectivity index (χ0v) is 9.12. The fourth-order valence-corrected chi connectivity index (χ4v) is 1.15. The fourth-order valence-electron chi connectivity index (χ4n) is 1.15. The molecule has 0 fully saturated rings. The molecule has 0 saturated heterocycles. The molecule has 0 N–H and O–H groups in total. The number of methoxy groups -OCH3 is 1. The molecule has 0 aliphatic heterocycles. The van der Waals surface area contributed by atoms with Crippen LogP contribution in [0.2, 0.25) is 0 Å². The van der Waals surface area contributed by atoms with Crippen molar-refractivity contribution >= 4 is 0 Å². The molecule has 1 atom stereocenters. The van der Waals surface area contributed by atoms with Crippen LogP contribution in [0.25, 0.3) is 0 Å². The topological polar surface area (TPSA) is 18.5 Å². The van der Waals surface area contributed by atoms with E-state index in [0.29, 0.717) is 6.61 Å². The van der Waals surface area contributed by atoms with Crippen LogP contribution < -0.4 is 4.74 Å². The summed E-state index contributed by atoms with van der Waals surface area (Å²) in [7, 11) is 1.70. The average Bonchev–Trinajstić information content (AvgIpc) is 2.21. The summed E-state index contributed by atoms with van der Waals surface area (Å²) in [5.41, 5.74) is 1.17. The van der Waals surface area contributed by atoms with Crippen LogP contribution in [0.5, 0.6) is 5.75 Å². The predicted molar refractivity (Wildman–Crippen MR) is 57.5 cm³/mol. The highest BCUT2D eigenvalue weighted by atomic mass is 16.5. The normalized spacial score (nSPS) is 12.5. The third-order valence-corrected chi connectivity index (χ3v) is 2.15. The van der Waals surface area contributed by atoms with Gasteiger partial charge in [-0.15, -0.1) is 0 Å². The van der Waals surface area contributed by atoms with Crippen molar-refractivity contribution in [3.8, 4) is 5.75 Å². The number of hydrogen-bond donors (Lipinski definition) is 0. The van der Waals surface area contributed by atoms with Gasteiger partial charge in [0.15, 0.2) is 0 Å². The highest BCUT2D eigenvalue weighted by Crippen LogP contribution is 2.15. The van der Waals surface area contributed by atoms with Gasteiger partial charge in [0.1, 0.15) is 5.75 Å². The van der Waals surface area contributed by atoms with Crippen LogP contribution in [-0.2, 0) is 11.3 Å². The first-order valence-corrected chi connectivity index (χ1v) is 5.00. The molecule has 0 saturated carbocycles. The molecule has 0 amide bonds. The molecular weight excluding hydrogens is 176 g/mol. The largest absolute Gasteiger partial charge is 0.491 e. The van der Waals surface area contributed by atoms with Gasteiger partial charge in [0.25, 0.3) is 0 Å². The molecule has 78 valence electrons. The molecule has 1 aromatic rings. The monoisotopic (exact) mass is 194 g/mol. The lowest BCUT2D eigenvalue weighted by Crippen LogP contribution is -2.09. The lowest BCUT2D eigenvalue weighted by atomic mass is 10.2. The molecule has 0 heterocycles. The van der Waals surface area contributed by atoms with E-state index < -0.39 is 0 Å². The minimum absolute atomic E-state index is 0.281. The molecule has 1 rings (SSSR count). The van der Waals surface area contributed by atoms with E-state index in [4.69, 9.17) is 9.47 Å². The molecule has 14 heavy (non-hydrogen) atoms. The Labute approximate surface area is 85.8 Å². The van der Waals surface area contributed by atoms with E-state index in [9.17, 15) is 0 Å². The smallest absolute Gasteiger partial charge is 0.119 e. The van der Waals surface area contributed by atoms with E-state index in [1.165, 1.54) is 5.56 Å². The van der Waals surface area contributed by atoms with Crippen LogP contribution >= 0.6 is 0 Å². The lowest BCUT2D eigenvalue weighted by molar-refractivity contribution is 0.184. The molecule has 2 nitrogen and oxygen atoms in total. The van der Waals surface area contributed by atoms with Gasteiger partial charge >= 0.3 is 0 Å². The quantitative estimate of drug-likeness (QED) is 0.717. The molecule has 0 spiro atoms. The van der Waals surface area contributed by atoms with Gasteiger partial charge in [0, 0.05) is 7.11 Å². The van der Waals surface area contributed by atoms with E-state index in [1.807, 2.05) is 24.3 Å². The zero-order chi connectivity index (χ0) is 10.4. The number of rotatable bonds is 5. The Balaban J connectivity index is 2.54. The van der Waals surface area contributed by atoms with Crippen molar-refractivity contribution in [1.29, 1.82) is 0 Å². The van der Waals surface area contributed by atoms with Crippen LogP contribution in [-0.4, -0.2) is 13.2 Å². The maximum Gasteiger partial charge on any atom is 0.119 e. The Hall–Kier alpha value is -1.02. The second-order valence-electron chi connectivity index (χ2n) is 3.41. The van der Waals surface area contributed by atoms with Crippen LogP contribution in [0.3, 0.4) is 0 Å². The minimum atomic E-state index is 0.281. The first-order valence-electron chi connectivity index (χ1n) is 5.00. The van der Waals surface area contributed by atoms with Crippen molar-refractivity contribution in [3.05, 3.63) is 29.8 Å². The summed E-state index contributed by atoms with van der Waals surface area (Å²) >= 11 is 0. The summed E-state index contributed by atoms with van der Waals surface area (Å²) < 4.78 is 10.7. The van der Waals surface area contributed by atoms with Gasteiger partial charge in [-0.2, -0.15) is 0 Å². The summed E-state index contributed by atoms with van der Waals surface area (Å²) in [6.07, 6.45) is 1.31. The second-order valence-corrected chi connectivity index (χ2v) is 3.41. The summed E-state index contributed by atoms with van der Waals surface area (Å²) in [5, 5.41) is 0. The maximum atomic E-state index is 5.66. The second kappa shape index (κ2) is 5.66. The molecule has 1 unspecified atom stereocenters. The molecule has 0 aliphatic carbocycles. The van der Waals surface area contributed by atoms with Gasteiger partial charge in [-0.3, -0.25) is 0 Å². The van der Waals surface area contributed by atoms with Gasteiger partial charge in [-0.1, -0.05) is 19.1 Å². The average molecular weight is 194 g/mol. The Morgan fingerprint density at radius 2 is 1.86 bits per heavy atom. The van der Waals surface area contributed by atoms with Crippen LogP contribution in [0.15, 0.2) is 24.3 Å². The highest BCUT2D eigenvalue weighted by molar-refractivity contribution is 5.27. The Morgan fingerprint density at radius 1 is 1.21 bits per heavy atom. The van der Waals surface area contributed by atoms with Gasteiger partial charge in [-0.05, 0) is 31.0 Å². The van der Waals surface area contributed by atoms with Crippen molar-refractivity contribution in [1.82, 2.24) is 0 Å². The number of ether oxygens (including phenoxy) is 2. The molecule has 0 aliphatic rings. The molecular formula is C12H18O2. The predicted octanol–water partition coefficient (Wildman–Crippen LogP) is 3.01. The Bertz CT molecular complexity index is 254. The molecule has 2 heteroatoms. The van der Waals surface area contributed by atoms with Crippen molar-refractivity contribution in [2.45, 2.75) is 33.0 Å². The maximum absolute atomic E-state index is 5.66. The minimum Gasteiger partial charge on any atom is -0.491 e. The van der Waals surface area contributed by atoms with Gasteiger partial charge in [0.2, 0.25) is 0 Å². The number of hydrogen-bond acceptors (Lipinski definition) is 2. The fraction of sp³-hybridized carbons (Fsp3) is 0.500. The third-order valence-electron chi connectivity index (χ3n) is 2.15. The highest BCUT2D eigenvalue weighted by Gasteiger charge is 2.00. The van der Waals surface area contributed by atoms with Crippen molar-refractivity contribution in [2.75, 3.05) is 7.11 Å². The van der Waals surface area contributed by atoms with Crippen LogP contribution in [0, 0.1) is 0 Å². The van der Waals surface area contributed by atoms with Gasteiger partial charge < -0.3 is 9.47 Å². The summed E-state index contributed by atoms with van der Waals surface area (Å²) in [5.74, 6) is 0.930. The SMILES string of the molecule is CCC(C)Oc1ccc(COC)cc1. The van der Waals surface area contributed by atoms with Crippen molar-refractivity contribution < 1.29 is 9.47 Å². The van der Waals surface area contributed by atoms with Gasteiger partial charge in [0.05, 0.1) is 12.7 Å².